The second-order valence-electron chi connectivity index (χ2n) is 5.35. The number of aliphatic hydroxyl groups excluding tert-OH is 1. The Morgan fingerprint density at radius 2 is 1.86 bits per heavy atom. The molecule has 4 aliphatic rings. The normalized spacial score (nSPS) is 64.5. The van der Waals surface area contributed by atoms with Gasteiger partial charge in [0.2, 0.25) is 0 Å². The fourth-order valence-corrected chi connectivity index (χ4v) is 4.36. The number of hydrogen-bond acceptors (Lipinski definition) is 3. The molecule has 2 aliphatic carbocycles. The monoisotopic (exact) mass is 196 g/mol. The summed E-state index contributed by atoms with van der Waals surface area (Å²) >= 11 is 0. The van der Waals surface area contributed by atoms with Crippen molar-refractivity contribution in [1.82, 2.24) is 0 Å². The highest BCUT2D eigenvalue weighted by Gasteiger charge is 2.60. The van der Waals surface area contributed by atoms with Crippen molar-refractivity contribution >= 4 is 0 Å². The maximum Gasteiger partial charge on any atom is 0.161 e. The smallest absolute Gasteiger partial charge is 0.161 e. The standard InChI is InChI=1S/C11H16O3/c12-10-7-4-13-11(14-7)9-6-2-1-5(3-6)8(9)10/h5-12H,1-4H2/t5-,6+,7+,8-,9+,10?,11+/m0/s1. The van der Waals surface area contributed by atoms with Crippen molar-refractivity contribution in [3.05, 3.63) is 0 Å². The molecule has 0 spiro atoms. The lowest BCUT2D eigenvalue weighted by Crippen LogP contribution is -2.49. The highest BCUT2D eigenvalue weighted by Crippen LogP contribution is 2.58. The number of hydrogen-bond donors (Lipinski definition) is 1. The molecule has 1 unspecified atom stereocenters. The van der Waals surface area contributed by atoms with Crippen molar-refractivity contribution in [1.29, 1.82) is 0 Å². The van der Waals surface area contributed by atoms with Crippen LogP contribution in [0.3, 0.4) is 0 Å². The summed E-state index contributed by atoms with van der Waals surface area (Å²) in [6.45, 7) is 0.609. The van der Waals surface area contributed by atoms with Gasteiger partial charge in [-0.3, -0.25) is 0 Å². The maximum absolute atomic E-state index is 10.2. The molecule has 14 heavy (non-hydrogen) atoms. The predicted octanol–water partition coefficient (Wildman–Crippen LogP) is 0.765. The number of fused-ring (bicyclic) bond motifs is 8. The largest absolute Gasteiger partial charge is 0.390 e. The van der Waals surface area contributed by atoms with Gasteiger partial charge in [0, 0.05) is 5.92 Å². The van der Waals surface area contributed by atoms with Crippen LogP contribution in [0.4, 0.5) is 0 Å². The molecule has 0 radical (unpaired) electrons. The van der Waals surface area contributed by atoms with Crippen molar-refractivity contribution in [3.8, 4) is 0 Å². The van der Waals surface area contributed by atoms with Crippen molar-refractivity contribution in [2.45, 2.75) is 37.8 Å². The van der Waals surface area contributed by atoms with Crippen LogP contribution in [0.2, 0.25) is 0 Å². The van der Waals surface area contributed by atoms with E-state index in [0.717, 1.165) is 11.8 Å². The van der Waals surface area contributed by atoms with Crippen molar-refractivity contribution in [3.63, 3.8) is 0 Å². The molecule has 4 rings (SSSR count). The molecule has 0 aromatic rings. The molecule has 3 heteroatoms. The van der Waals surface area contributed by atoms with E-state index >= 15 is 0 Å². The molecule has 0 amide bonds. The zero-order chi connectivity index (χ0) is 9.28. The first-order valence-electron chi connectivity index (χ1n) is 5.80. The highest BCUT2D eigenvalue weighted by atomic mass is 16.7. The fraction of sp³-hybridized carbons (Fsp3) is 1.00. The fourth-order valence-electron chi connectivity index (χ4n) is 4.36. The minimum absolute atomic E-state index is 0.0173. The highest BCUT2D eigenvalue weighted by molar-refractivity contribution is 5.05. The topological polar surface area (TPSA) is 38.7 Å². The first-order chi connectivity index (χ1) is 6.84. The lowest BCUT2D eigenvalue weighted by molar-refractivity contribution is -0.193. The lowest BCUT2D eigenvalue weighted by Gasteiger charge is -2.41. The van der Waals surface area contributed by atoms with Crippen molar-refractivity contribution in [2.24, 2.45) is 23.7 Å². The van der Waals surface area contributed by atoms with Gasteiger partial charge in [0.15, 0.2) is 6.29 Å². The Morgan fingerprint density at radius 3 is 2.71 bits per heavy atom. The van der Waals surface area contributed by atoms with Gasteiger partial charge in [-0.25, -0.2) is 0 Å². The molecule has 2 aliphatic heterocycles. The van der Waals surface area contributed by atoms with Gasteiger partial charge in [-0.2, -0.15) is 0 Å². The van der Waals surface area contributed by atoms with E-state index < -0.39 is 0 Å². The molecular weight excluding hydrogens is 180 g/mol. The zero-order valence-electron chi connectivity index (χ0n) is 8.13. The molecule has 4 bridgehead atoms. The molecule has 2 heterocycles. The maximum atomic E-state index is 10.2. The Kier molecular flexibility index (Phi) is 1.45. The van der Waals surface area contributed by atoms with Crippen LogP contribution in [-0.4, -0.2) is 30.2 Å². The summed E-state index contributed by atoms with van der Waals surface area (Å²) in [7, 11) is 0. The minimum Gasteiger partial charge on any atom is -0.390 e. The Labute approximate surface area is 83.4 Å². The van der Waals surface area contributed by atoms with Crippen LogP contribution in [0.15, 0.2) is 0 Å². The second-order valence-corrected chi connectivity index (χ2v) is 5.35. The summed E-state index contributed by atoms with van der Waals surface area (Å²) in [5, 5.41) is 10.2. The number of ether oxygens (including phenoxy) is 2. The van der Waals surface area contributed by atoms with E-state index in [9.17, 15) is 5.11 Å². The minimum atomic E-state index is -0.256. The first-order valence-corrected chi connectivity index (χ1v) is 5.80. The van der Waals surface area contributed by atoms with E-state index in [1.165, 1.54) is 19.3 Å². The van der Waals surface area contributed by atoms with Gasteiger partial charge in [-0.1, -0.05) is 0 Å². The van der Waals surface area contributed by atoms with Crippen LogP contribution in [-0.2, 0) is 9.47 Å². The summed E-state index contributed by atoms with van der Waals surface area (Å²) in [5.74, 6) is 2.52. The van der Waals surface area contributed by atoms with Crippen molar-refractivity contribution < 1.29 is 14.6 Å². The quantitative estimate of drug-likeness (QED) is 0.622. The van der Waals surface area contributed by atoms with Gasteiger partial charge in [0.05, 0.1) is 12.7 Å². The Balaban J connectivity index is 1.74. The van der Waals surface area contributed by atoms with Gasteiger partial charge < -0.3 is 14.6 Å². The Hall–Kier alpha value is -0.120. The molecule has 3 nitrogen and oxygen atoms in total. The third kappa shape index (κ3) is 0.802. The first kappa shape index (κ1) is 8.08. The SMILES string of the molecule is OC1[C@H]2[C@H]3CC[C@H](C3)[C@H]2[C@@H]2OC[C@H]1O2. The molecular formula is C11H16O3. The third-order valence-electron chi connectivity index (χ3n) is 4.87. The van der Waals surface area contributed by atoms with E-state index in [4.69, 9.17) is 9.47 Å². The molecule has 4 fully saturated rings. The van der Waals surface area contributed by atoms with Crippen LogP contribution < -0.4 is 0 Å². The van der Waals surface area contributed by atoms with Crippen LogP contribution in [0.1, 0.15) is 19.3 Å². The van der Waals surface area contributed by atoms with Gasteiger partial charge in [0.1, 0.15) is 6.10 Å². The molecule has 0 aromatic heterocycles. The van der Waals surface area contributed by atoms with E-state index in [2.05, 4.69) is 0 Å². The van der Waals surface area contributed by atoms with Gasteiger partial charge in [0.25, 0.3) is 0 Å². The zero-order valence-corrected chi connectivity index (χ0v) is 8.13. The van der Waals surface area contributed by atoms with E-state index in [-0.39, 0.29) is 18.5 Å². The molecule has 2 saturated heterocycles. The van der Waals surface area contributed by atoms with Crippen LogP contribution in [0.5, 0.6) is 0 Å². The van der Waals surface area contributed by atoms with Gasteiger partial charge >= 0.3 is 0 Å². The third-order valence-corrected chi connectivity index (χ3v) is 4.87. The summed E-state index contributed by atoms with van der Waals surface area (Å²) in [4.78, 5) is 0. The number of aliphatic hydroxyl groups is 1. The summed E-state index contributed by atoms with van der Waals surface area (Å²) in [5.41, 5.74) is 0. The Morgan fingerprint density at radius 1 is 1.07 bits per heavy atom. The second kappa shape index (κ2) is 2.52. The predicted molar refractivity (Wildman–Crippen MR) is 48.4 cm³/mol. The lowest BCUT2D eigenvalue weighted by atomic mass is 9.73. The molecule has 2 saturated carbocycles. The van der Waals surface area contributed by atoms with Crippen molar-refractivity contribution in [2.75, 3.05) is 6.61 Å². The summed E-state index contributed by atoms with van der Waals surface area (Å²) in [6.07, 6.45) is 3.69. The average Bonchev–Trinajstić information content (AvgIpc) is 2.89. The van der Waals surface area contributed by atoms with Crippen LogP contribution in [0, 0.1) is 23.7 Å². The van der Waals surface area contributed by atoms with Crippen LogP contribution >= 0.6 is 0 Å². The molecule has 1 N–H and O–H groups in total. The number of rotatable bonds is 0. The van der Waals surface area contributed by atoms with E-state index in [1.807, 2.05) is 0 Å². The summed E-state index contributed by atoms with van der Waals surface area (Å²) in [6, 6.07) is 0. The molecule has 78 valence electrons. The van der Waals surface area contributed by atoms with Gasteiger partial charge in [-0.15, -0.1) is 0 Å². The molecule has 7 atom stereocenters. The molecule has 0 aromatic carbocycles. The summed E-state index contributed by atoms with van der Waals surface area (Å²) < 4.78 is 11.3. The van der Waals surface area contributed by atoms with Gasteiger partial charge in [-0.05, 0) is 37.0 Å². The average molecular weight is 196 g/mol. The Bertz CT molecular complexity index is 257. The van der Waals surface area contributed by atoms with Crippen LogP contribution in [0.25, 0.3) is 0 Å². The van der Waals surface area contributed by atoms with E-state index in [1.54, 1.807) is 0 Å². The van der Waals surface area contributed by atoms with E-state index in [0.29, 0.717) is 18.4 Å².